The van der Waals surface area contributed by atoms with Crippen LogP contribution in [-0.4, -0.2) is 24.2 Å². The Balaban J connectivity index is 2.02. The van der Waals surface area contributed by atoms with Crippen LogP contribution in [0.2, 0.25) is 0 Å². The largest absolute Gasteiger partial charge is 0.496 e. The number of hydrazone groups is 1. The Morgan fingerprint density at radius 1 is 1.33 bits per heavy atom. The number of amides is 1. The zero-order valence-electron chi connectivity index (χ0n) is 11.0. The van der Waals surface area contributed by atoms with E-state index in [-0.39, 0.29) is 5.91 Å². The Bertz CT molecular complexity index is 690. The molecule has 0 spiro atoms. The van der Waals surface area contributed by atoms with E-state index in [0.29, 0.717) is 5.56 Å². The minimum absolute atomic E-state index is 0.326. The molecule has 2 rings (SSSR count). The molecule has 108 valence electrons. The number of carbonyl (C=O) groups is 1. The predicted molar refractivity (Wildman–Crippen MR) is 87.7 cm³/mol. The molecule has 1 N–H and O–H groups in total. The van der Waals surface area contributed by atoms with Crippen molar-refractivity contribution in [3.8, 4) is 5.75 Å². The Kier molecular flexibility index (Phi) is 5.46. The van der Waals surface area contributed by atoms with E-state index in [9.17, 15) is 4.79 Å². The average Bonchev–Trinajstić information content (AvgIpc) is 2.47. The quantitative estimate of drug-likeness (QED) is 0.618. The second-order valence-electron chi connectivity index (χ2n) is 3.98. The van der Waals surface area contributed by atoms with Crippen LogP contribution in [0.1, 0.15) is 15.9 Å². The molecule has 1 aromatic carbocycles. The Morgan fingerprint density at radius 3 is 2.81 bits per heavy atom. The maximum atomic E-state index is 11.8. The van der Waals surface area contributed by atoms with Gasteiger partial charge in [0, 0.05) is 16.9 Å². The summed E-state index contributed by atoms with van der Waals surface area (Å²) in [5.74, 6) is 0.407. The van der Waals surface area contributed by atoms with Crippen LogP contribution < -0.4 is 10.2 Å². The van der Waals surface area contributed by atoms with Gasteiger partial charge < -0.3 is 4.74 Å². The fourth-order valence-corrected chi connectivity index (χ4v) is 2.45. The molecule has 0 atom stereocenters. The third kappa shape index (κ3) is 4.37. The molecule has 0 aliphatic rings. The van der Waals surface area contributed by atoms with E-state index in [1.165, 1.54) is 6.20 Å². The van der Waals surface area contributed by atoms with Crippen molar-refractivity contribution in [2.45, 2.75) is 0 Å². The molecule has 7 heteroatoms. The van der Waals surface area contributed by atoms with E-state index in [0.717, 1.165) is 20.3 Å². The minimum Gasteiger partial charge on any atom is -0.496 e. The van der Waals surface area contributed by atoms with E-state index in [2.05, 4.69) is 47.4 Å². The molecule has 0 saturated carbocycles. The number of nitrogens with one attached hydrogen (secondary N) is 1. The molecule has 0 aliphatic heterocycles. The van der Waals surface area contributed by atoms with Gasteiger partial charge in [-0.15, -0.1) is 0 Å². The first kappa shape index (κ1) is 15.7. The minimum atomic E-state index is -0.326. The number of hydrogen-bond donors (Lipinski definition) is 1. The SMILES string of the molecule is COc1ccc(/C=N\NC(=O)c2cncc(Br)c2)cc1Br. The lowest BCUT2D eigenvalue weighted by atomic mass is 10.2. The van der Waals surface area contributed by atoms with Gasteiger partial charge in [-0.05, 0) is 61.7 Å². The number of nitrogens with zero attached hydrogens (tertiary/aromatic N) is 2. The Labute approximate surface area is 138 Å². The highest BCUT2D eigenvalue weighted by atomic mass is 79.9. The molecular weight excluding hydrogens is 402 g/mol. The molecule has 21 heavy (non-hydrogen) atoms. The summed E-state index contributed by atoms with van der Waals surface area (Å²) in [5, 5.41) is 3.91. The number of hydrogen-bond acceptors (Lipinski definition) is 4. The lowest BCUT2D eigenvalue weighted by Crippen LogP contribution is -2.17. The van der Waals surface area contributed by atoms with Gasteiger partial charge in [0.1, 0.15) is 5.75 Å². The van der Waals surface area contributed by atoms with E-state index in [1.807, 2.05) is 18.2 Å². The van der Waals surface area contributed by atoms with Gasteiger partial charge in [0.15, 0.2) is 0 Å². The number of rotatable bonds is 4. The summed E-state index contributed by atoms with van der Waals surface area (Å²) in [4.78, 5) is 15.8. The number of benzene rings is 1. The monoisotopic (exact) mass is 411 g/mol. The molecular formula is C14H11Br2N3O2. The number of pyridine rings is 1. The first-order valence-electron chi connectivity index (χ1n) is 5.87. The first-order valence-corrected chi connectivity index (χ1v) is 7.46. The number of methoxy groups -OCH3 is 1. The normalized spacial score (nSPS) is 10.6. The molecule has 0 saturated heterocycles. The summed E-state index contributed by atoms with van der Waals surface area (Å²) in [7, 11) is 1.60. The molecule has 0 radical (unpaired) electrons. The summed E-state index contributed by atoms with van der Waals surface area (Å²) in [6, 6.07) is 7.16. The highest BCUT2D eigenvalue weighted by Gasteiger charge is 2.05. The van der Waals surface area contributed by atoms with Crippen LogP contribution >= 0.6 is 31.9 Å². The van der Waals surface area contributed by atoms with Crippen LogP contribution in [0.15, 0.2) is 50.7 Å². The average molecular weight is 413 g/mol. The van der Waals surface area contributed by atoms with Crippen LogP contribution in [-0.2, 0) is 0 Å². The van der Waals surface area contributed by atoms with E-state index >= 15 is 0 Å². The van der Waals surface area contributed by atoms with Crippen molar-refractivity contribution in [1.82, 2.24) is 10.4 Å². The highest BCUT2D eigenvalue weighted by Crippen LogP contribution is 2.24. The van der Waals surface area contributed by atoms with Crippen molar-refractivity contribution in [1.29, 1.82) is 0 Å². The zero-order valence-corrected chi connectivity index (χ0v) is 14.2. The van der Waals surface area contributed by atoms with Crippen molar-refractivity contribution < 1.29 is 9.53 Å². The van der Waals surface area contributed by atoms with Crippen molar-refractivity contribution in [2.75, 3.05) is 7.11 Å². The van der Waals surface area contributed by atoms with Gasteiger partial charge in [0.2, 0.25) is 0 Å². The van der Waals surface area contributed by atoms with E-state index in [4.69, 9.17) is 4.74 Å². The van der Waals surface area contributed by atoms with Crippen LogP contribution in [0.4, 0.5) is 0 Å². The summed E-state index contributed by atoms with van der Waals surface area (Å²) in [6.07, 6.45) is 4.63. The van der Waals surface area contributed by atoms with Gasteiger partial charge in [-0.2, -0.15) is 5.10 Å². The summed E-state index contributed by atoms with van der Waals surface area (Å²) in [6.45, 7) is 0. The summed E-state index contributed by atoms with van der Waals surface area (Å²) < 4.78 is 6.69. The van der Waals surface area contributed by atoms with Gasteiger partial charge in [-0.25, -0.2) is 5.43 Å². The third-order valence-corrected chi connectivity index (χ3v) is 3.58. The molecule has 2 aromatic rings. The van der Waals surface area contributed by atoms with Crippen LogP contribution in [0.25, 0.3) is 0 Å². The maximum Gasteiger partial charge on any atom is 0.272 e. The highest BCUT2D eigenvalue weighted by molar-refractivity contribution is 9.10. The third-order valence-electron chi connectivity index (χ3n) is 2.52. The predicted octanol–water partition coefficient (Wildman–Crippen LogP) is 3.38. The number of halogens is 2. The molecule has 0 fully saturated rings. The van der Waals surface area contributed by atoms with Crippen LogP contribution in [0.3, 0.4) is 0 Å². The maximum absolute atomic E-state index is 11.8. The van der Waals surface area contributed by atoms with Crippen molar-refractivity contribution in [3.05, 3.63) is 56.7 Å². The van der Waals surface area contributed by atoms with Gasteiger partial charge in [0.25, 0.3) is 5.91 Å². The molecule has 1 heterocycles. The fraction of sp³-hybridized carbons (Fsp3) is 0.0714. The number of ether oxygens (including phenoxy) is 1. The van der Waals surface area contributed by atoms with Crippen molar-refractivity contribution >= 4 is 44.0 Å². The van der Waals surface area contributed by atoms with E-state index < -0.39 is 0 Å². The first-order chi connectivity index (χ1) is 10.1. The molecule has 1 aromatic heterocycles. The second kappa shape index (κ2) is 7.33. The number of carbonyl (C=O) groups excluding carboxylic acids is 1. The Hall–Kier alpha value is -1.73. The molecule has 0 bridgehead atoms. The lowest BCUT2D eigenvalue weighted by molar-refractivity contribution is 0.0954. The van der Waals surface area contributed by atoms with Crippen LogP contribution in [0, 0.1) is 0 Å². The molecule has 0 unspecified atom stereocenters. The second-order valence-corrected chi connectivity index (χ2v) is 5.75. The molecule has 0 aliphatic carbocycles. The van der Waals surface area contributed by atoms with Gasteiger partial charge in [-0.1, -0.05) is 0 Å². The van der Waals surface area contributed by atoms with Crippen molar-refractivity contribution in [3.63, 3.8) is 0 Å². The Morgan fingerprint density at radius 2 is 2.14 bits per heavy atom. The summed E-state index contributed by atoms with van der Waals surface area (Å²) in [5.41, 5.74) is 3.70. The lowest BCUT2D eigenvalue weighted by Gasteiger charge is -2.03. The van der Waals surface area contributed by atoms with Crippen molar-refractivity contribution in [2.24, 2.45) is 5.10 Å². The smallest absolute Gasteiger partial charge is 0.272 e. The summed E-state index contributed by atoms with van der Waals surface area (Å²) >= 11 is 6.64. The topological polar surface area (TPSA) is 63.6 Å². The number of aromatic nitrogens is 1. The van der Waals surface area contributed by atoms with Gasteiger partial charge in [-0.3, -0.25) is 9.78 Å². The fourth-order valence-electron chi connectivity index (χ4n) is 1.53. The standard InChI is InChI=1S/C14H11Br2N3O2/c1-21-13-3-2-9(4-12(13)16)6-18-19-14(20)10-5-11(15)8-17-7-10/h2-8H,1H3,(H,19,20)/b18-6-. The van der Waals surface area contributed by atoms with E-state index in [1.54, 1.807) is 25.6 Å². The van der Waals surface area contributed by atoms with Crippen LogP contribution in [0.5, 0.6) is 5.75 Å². The van der Waals surface area contributed by atoms with Gasteiger partial charge >= 0.3 is 0 Å². The zero-order chi connectivity index (χ0) is 15.2. The molecule has 5 nitrogen and oxygen atoms in total. The van der Waals surface area contributed by atoms with Gasteiger partial charge in [0.05, 0.1) is 23.4 Å². The molecule has 1 amide bonds.